The van der Waals surface area contributed by atoms with E-state index >= 15 is 0 Å². The number of fused-ring (bicyclic) bond motifs is 1. The van der Waals surface area contributed by atoms with E-state index in [1.807, 2.05) is 18.2 Å². The van der Waals surface area contributed by atoms with Gasteiger partial charge in [-0.2, -0.15) is 0 Å². The maximum absolute atomic E-state index is 11.7. The summed E-state index contributed by atoms with van der Waals surface area (Å²) in [4.78, 5) is 14.1. The summed E-state index contributed by atoms with van der Waals surface area (Å²) in [6, 6.07) is 7.46. The highest BCUT2D eigenvalue weighted by Crippen LogP contribution is 2.22. The standard InChI is InChI=1S/C15H17BrN2O2/c16-12-2-3-13-11(8-15(19)20-14(13)9-12)10-18-6-1-4-17-5-7-18/h2-3,8-9,17H,1,4-7,10H2. The van der Waals surface area contributed by atoms with E-state index in [1.165, 1.54) is 0 Å². The van der Waals surface area contributed by atoms with Crippen LogP contribution < -0.4 is 10.9 Å². The number of nitrogens with one attached hydrogen (secondary N) is 1. The third kappa shape index (κ3) is 3.11. The van der Waals surface area contributed by atoms with Crippen LogP contribution in [-0.4, -0.2) is 31.1 Å². The molecule has 0 bridgehead atoms. The monoisotopic (exact) mass is 336 g/mol. The molecule has 1 saturated heterocycles. The molecule has 1 N–H and O–H groups in total. The van der Waals surface area contributed by atoms with Crippen molar-refractivity contribution in [2.45, 2.75) is 13.0 Å². The highest BCUT2D eigenvalue weighted by Gasteiger charge is 2.12. The topological polar surface area (TPSA) is 45.5 Å². The first kappa shape index (κ1) is 13.8. The van der Waals surface area contributed by atoms with Crippen LogP contribution in [0.5, 0.6) is 0 Å². The van der Waals surface area contributed by atoms with Crippen molar-refractivity contribution in [3.63, 3.8) is 0 Å². The molecule has 0 radical (unpaired) electrons. The molecule has 0 amide bonds. The molecule has 0 unspecified atom stereocenters. The molecule has 2 aromatic rings. The summed E-state index contributed by atoms with van der Waals surface area (Å²) >= 11 is 3.41. The molecule has 1 aromatic heterocycles. The molecule has 0 spiro atoms. The van der Waals surface area contributed by atoms with Crippen LogP contribution in [0.15, 0.2) is 37.9 Å². The second kappa shape index (κ2) is 6.08. The summed E-state index contributed by atoms with van der Waals surface area (Å²) in [6.45, 7) is 4.95. The Balaban J connectivity index is 1.95. The van der Waals surface area contributed by atoms with Gasteiger partial charge in [0.15, 0.2) is 0 Å². The van der Waals surface area contributed by atoms with Crippen LogP contribution in [0, 0.1) is 0 Å². The summed E-state index contributed by atoms with van der Waals surface area (Å²) in [5, 5.41) is 4.41. The number of rotatable bonds is 2. The second-order valence-electron chi connectivity index (χ2n) is 5.11. The van der Waals surface area contributed by atoms with Crippen LogP contribution in [0.4, 0.5) is 0 Å². The average Bonchev–Trinajstić information content (AvgIpc) is 2.66. The molecule has 4 nitrogen and oxygen atoms in total. The lowest BCUT2D eigenvalue weighted by atomic mass is 10.1. The van der Waals surface area contributed by atoms with Crippen molar-refractivity contribution in [2.24, 2.45) is 0 Å². The molecule has 3 rings (SSSR count). The Bertz CT molecular complexity index is 660. The summed E-state index contributed by atoms with van der Waals surface area (Å²) in [5.41, 5.74) is 1.42. The van der Waals surface area contributed by atoms with Gasteiger partial charge in [-0.05, 0) is 43.3 Å². The minimum Gasteiger partial charge on any atom is -0.423 e. The summed E-state index contributed by atoms with van der Waals surface area (Å²) in [5.74, 6) is 0. The number of nitrogens with zero attached hydrogens (tertiary/aromatic N) is 1. The molecular weight excluding hydrogens is 320 g/mol. The molecule has 0 atom stereocenters. The molecule has 0 saturated carbocycles. The van der Waals surface area contributed by atoms with Gasteiger partial charge in [-0.25, -0.2) is 4.79 Å². The van der Waals surface area contributed by atoms with Gasteiger partial charge in [-0.3, -0.25) is 4.90 Å². The Morgan fingerprint density at radius 3 is 3.05 bits per heavy atom. The van der Waals surface area contributed by atoms with E-state index in [0.29, 0.717) is 5.58 Å². The van der Waals surface area contributed by atoms with E-state index in [9.17, 15) is 4.79 Å². The van der Waals surface area contributed by atoms with E-state index in [2.05, 4.69) is 26.1 Å². The number of hydrogen-bond donors (Lipinski definition) is 1. The van der Waals surface area contributed by atoms with E-state index in [-0.39, 0.29) is 5.63 Å². The minimum atomic E-state index is -0.279. The fraction of sp³-hybridized carbons (Fsp3) is 0.400. The van der Waals surface area contributed by atoms with Gasteiger partial charge < -0.3 is 9.73 Å². The Morgan fingerprint density at radius 2 is 2.15 bits per heavy atom. The van der Waals surface area contributed by atoms with E-state index in [4.69, 9.17) is 4.42 Å². The van der Waals surface area contributed by atoms with Crippen molar-refractivity contribution in [1.82, 2.24) is 10.2 Å². The number of hydrogen-bond acceptors (Lipinski definition) is 4. The second-order valence-corrected chi connectivity index (χ2v) is 6.03. The largest absolute Gasteiger partial charge is 0.423 e. The van der Waals surface area contributed by atoms with Gasteiger partial charge >= 0.3 is 5.63 Å². The molecule has 1 aliphatic rings. The van der Waals surface area contributed by atoms with E-state index < -0.39 is 0 Å². The lowest BCUT2D eigenvalue weighted by Crippen LogP contribution is -2.28. The van der Waals surface area contributed by atoms with Gasteiger partial charge in [-0.15, -0.1) is 0 Å². The predicted molar refractivity (Wildman–Crippen MR) is 82.9 cm³/mol. The van der Waals surface area contributed by atoms with Crippen molar-refractivity contribution in [1.29, 1.82) is 0 Å². The summed E-state index contributed by atoms with van der Waals surface area (Å²) in [7, 11) is 0. The van der Waals surface area contributed by atoms with Crippen molar-refractivity contribution < 1.29 is 4.42 Å². The first-order chi connectivity index (χ1) is 9.72. The molecule has 5 heteroatoms. The van der Waals surface area contributed by atoms with Crippen LogP contribution in [-0.2, 0) is 6.54 Å². The van der Waals surface area contributed by atoms with Gasteiger partial charge in [-0.1, -0.05) is 15.9 Å². The normalized spacial score (nSPS) is 17.2. The quantitative estimate of drug-likeness (QED) is 0.855. The fourth-order valence-electron chi connectivity index (χ4n) is 2.64. The highest BCUT2D eigenvalue weighted by atomic mass is 79.9. The lowest BCUT2D eigenvalue weighted by Gasteiger charge is -2.20. The SMILES string of the molecule is O=c1cc(CN2CCCNCC2)c2ccc(Br)cc2o1. The third-order valence-electron chi connectivity index (χ3n) is 3.62. The molecular formula is C15H17BrN2O2. The molecule has 2 heterocycles. The van der Waals surface area contributed by atoms with Crippen molar-refractivity contribution >= 4 is 26.9 Å². The zero-order valence-electron chi connectivity index (χ0n) is 11.2. The minimum absolute atomic E-state index is 0.279. The third-order valence-corrected chi connectivity index (χ3v) is 4.11. The van der Waals surface area contributed by atoms with E-state index in [0.717, 1.165) is 54.6 Å². The Morgan fingerprint density at radius 1 is 1.25 bits per heavy atom. The smallest absolute Gasteiger partial charge is 0.336 e. The Labute approximate surface area is 125 Å². The maximum Gasteiger partial charge on any atom is 0.336 e. The van der Waals surface area contributed by atoms with Crippen molar-refractivity contribution in [3.05, 3.63) is 44.7 Å². The molecule has 1 fully saturated rings. The first-order valence-electron chi connectivity index (χ1n) is 6.88. The van der Waals surface area contributed by atoms with Crippen LogP contribution in [0.1, 0.15) is 12.0 Å². The zero-order valence-corrected chi connectivity index (χ0v) is 12.8. The first-order valence-corrected chi connectivity index (χ1v) is 7.67. The number of halogens is 1. The lowest BCUT2D eigenvalue weighted by molar-refractivity contribution is 0.285. The van der Waals surface area contributed by atoms with Crippen LogP contribution in [0.3, 0.4) is 0 Å². The van der Waals surface area contributed by atoms with Gasteiger partial charge in [0.2, 0.25) is 0 Å². The predicted octanol–water partition coefficient (Wildman–Crippen LogP) is 2.35. The maximum atomic E-state index is 11.7. The van der Waals surface area contributed by atoms with Gasteiger partial charge in [0.25, 0.3) is 0 Å². The van der Waals surface area contributed by atoms with Crippen molar-refractivity contribution in [3.8, 4) is 0 Å². The van der Waals surface area contributed by atoms with Crippen LogP contribution in [0.25, 0.3) is 11.0 Å². The summed E-state index contributed by atoms with van der Waals surface area (Å²) in [6.07, 6.45) is 1.14. The molecule has 20 heavy (non-hydrogen) atoms. The van der Waals surface area contributed by atoms with E-state index in [1.54, 1.807) is 6.07 Å². The van der Waals surface area contributed by atoms with Gasteiger partial charge in [0.1, 0.15) is 5.58 Å². The average molecular weight is 337 g/mol. The fourth-order valence-corrected chi connectivity index (χ4v) is 2.98. The molecule has 0 aliphatic carbocycles. The Hall–Kier alpha value is -1.17. The van der Waals surface area contributed by atoms with Crippen molar-refractivity contribution in [2.75, 3.05) is 26.2 Å². The summed E-state index contributed by atoms with van der Waals surface area (Å²) < 4.78 is 6.20. The van der Waals surface area contributed by atoms with Gasteiger partial charge in [0, 0.05) is 35.6 Å². The van der Waals surface area contributed by atoms with Gasteiger partial charge in [0.05, 0.1) is 0 Å². The highest BCUT2D eigenvalue weighted by molar-refractivity contribution is 9.10. The number of benzene rings is 1. The molecule has 1 aromatic carbocycles. The Kier molecular flexibility index (Phi) is 4.19. The molecule has 106 valence electrons. The van der Waals surface area contributed by atoms with Crippen LogP contribution >= 0.6 is 15.9 Å². The van der Waals surface area contributed by atoms with Crippen LogP contribution in [0.2, 0.25) is 0 Å². The zero-order chi connectivity index (χ0) is 13.9. The molecule has 1 aliphatic heterocycles.